The number of nitrogens with one attached hydrogen (secondary N) is 2. The summed E-state index contributed by atoms with van der Waals surface area (Å²) in [6, 6.07) is 38.2. The molecular weight excluding hydrogens is 396 g/mol. The van der Waals surface area contributed by atoms with Gasteiger partial charge in [-0.05, 0) is 35.4 Å². The van der Waals surface area contributed by atoms with Crippen LogP contribution in [-0.2, 0) is 13.1 Å². The molecule has 4 aromatic rings. The maximum Gasteiger partial charge on any atom is 0.251 e. The summed E-state index contributed by atoms with van der Waals surface area (Å²) in [7, 11) is 0. The highest BCUT2D eigenvalue weighted by molar-refractivity contribution is 5.94. The van der Waals surface area contributed by atoms with Crippen LogP contribution in [-0.4, -0.2) is 11.8 Å². The zero-order chi connectivity index (χ0) is 22.4. The topological polar surface area (TPSA) is 58.2 Å². The highest BCUT2D eigenvalue weighted by Gasteiger charge is 2.03. The fraction of sp³-hybridized carbons (Fsp3) is 0.0714. The van der Waals surface area contributed by atoms with E-state index in [1.165, 1.54) is 0 Å². The Hall–Kier alpha value is -4.18. The molecule has 32 heavy (non-hydrogen) atoms. The van der Waals surface area contributed by atoms with Gasteiger partial charge in [-0.3, -0.25) is 9.59 Å². The first-order valence-corrected chi connectivity index (χ1v) is 10.5. The minimum atomic E-state index is -0.0375. The molecule has 0 aromatic heterocycles. The number of carbonyl (C=O) groups excluding carboxylic acids is 2. The van der Waals surface area contributed by atoms with Crippen molar-refractivity contribution in [3.05, 3.63) is 144 Å². The predicted molar refractivity (Wildman–Crippen MR) is 128 cm³/mol. The summed E-state index contributed by atoms with van der Waals surface area (Å²) in [6.45, 7) is 1.13. The zero-order valence-corrected chi connectivity index (χ0v) is 17.8. The van der Waals surface area contributed by atoms with Gasteiger partial charge in [-0.25, -0.2) is 0 Å². The Balaban J connectivity index is 0.000000181. The van der Waals surface area contributed by atoms with Crippen molar-refractivity contribution in [2.75, 3.05) is 0 Å². The number of carbonyl (C=O) groups is 2. The van der Waals surface area contributed by atoms with Gasteiger partial charge in [-0.2, -0.15) is 0 Å². The Morgan fingerprint density at radius 1 is 0.438 bits per heavy atom. The lowest BCUT2D eigenvalue weighted by Crippen LogP contribution is -2.22. The number of benzene rings is 4. The number of hydrogen-bond donors (Lipinski definition) is 2. The summed E-state index contributed by atoms with van der Waals surface area (Å²) in [5, 5.41) is 5.75. The van der Waals surface area contributed by atoms with Gasteiger partial charge in [0, 0.05) is 24.2 Å². The van der Waals surface area contributed by atoms with E-state index < -0.39 is 0 Å². The Bertz CT molecular complexity index is 992. The van der Waals surface area contributed by atoms with Gasteiger partial charge in [-0.15, -0.1) is 0 Å². The Morgan fingerprint density at radius 3 is 1.03 bits per heavy atom. The van der Waals surface area contributed by atoms with E-state index in [0.717, 1.165) is 11.1 Å². The highest BCUT2D eigenvalue weighted by atomic mass is 16.2. The van der Waals surface area contributed by atoms with Crippen molar-refractivity contribution in [3.63, 3.8) is 0 Å². The molecule has 4 rings (SSSR count). The van der Waals surface area contributed by atoms with Crippen molar-refractivity contribution in [3.8, 4) is 0 Å². The van der Waals surface area contributed by atoms with Crippen LogP contribution in [0.15, 0.2) is 121 Å². The molecule has 0 heterocycles. The van der Waals surface area contributed by atoms with E-state index in [1.54, 1.807) is 24.3 Å². The fourth-order valence-electron chi connectivity index (χ4n) is 2.94. The van der Waals surface area contributed by atoms with Gasteiger partial charge in [0.05, 0.1) is 0 Å². The number of rotatable bonds is 6. The van der Waals surface area contributed by atoms with Gasteiger partial charge in [-0.1, -0.05) is 97.1 Å². The Kier molecular flexibility index (Phi) is 8.79. The molecule has 4 aromatic carbocycles. The smallest absolute Gasteiger partial charge is 0.251 e. The quantitative estimate of drug-likeness (QED) is 0.447. The van der Waals surface area contributed by atoms with E-state index in [1.807, 2.05) is 97.1 Å². The maximum absolute atomic E-state index is 11.7. The van der Waals surface area contributed by atoms with E-state index >= 15 is 0 Å². The molecule has 0 unspecified atom stereocenters. The van der Waals surface area contributed by atoms with Gasteiger partial charge in [0.1, 0.15) is 0 Å². The molecule has 0 saturated heterocycles. The van der Waals surface area contributed by atoms with Gasteiger partial charge in [0.15, 0.2) is 0 Å². The third kappa shape index (κ3) is 7.58. The van der Waals surface area contributed by atoms with Crippen LogP contribution < -0.4 is 10.6 Å². The normalized spacial score (nSPS) is 9.75. The molecule has 0 fully saturated rings. The first-order valence-electron chi connectivity index (χ1n) is 10.5. The molecule has 0 aliphatic heterocycles. The summed E-state index contributed by atoms with van der Waals surface area (Å²) in [4.78, 5) is 23.4. The summed E-state index contributed by atoms with van der Waals surface area (Å²) < 4.78 is 0. The summed E-state index contributed by atoms with van der Waals surface area (Å²) in [6.07, 6.45) is 0. The molecule has 0 aliphatic rings. The average molecular weight is 423 g/mol. The predicted octanol–water partition coefficient (Wildman–Crippen LogP) is 5.23. The lowest BCUT2D eigenvalue weighted by atomic mass is 10.2. The van der Waals surface area contributed by atoms with Crippen LogP contribution in [0.25, 0.3) is 0 Å². The number of hydrogen-bond acceptors (Lipinski definition) is 2. The molecule has 0 aliphatic carbocycles. The molecule has 0 radical (unpaired) electrons. The van der Waals surface area contributed by atoms with Crippen LogP contribution in [0.3, 0.4) is 0 Å². The van der Waals surface area contributed by atoms with Crippen LogP contribution in [0.2, 0.25) is 0 Å². The first kappa shape index (κ1) is 22.5. The van der Waals surface area contributed by atoms with Crippen molar-refractivity contribution >= 4 is 11.8 Å². The van der Waals surface area contributed by atoms with Crippen LogP contribution in [0.5, 0.6) is 0 Å². The number of amides is 2. The molecule has 0 atom stereocenters. The van der Waals surface area contributed by atoms with Crippen LogP contribution >= 0.6 is 0 Å². The van der Waals surface area contributed by atoms with Crippen molar-refractivity contribution in [2.45, 2.75) is 13.1 Å². The summed E-state index contributed by atoms with van der Waals surface area (Å²) in [5.41, 5.74) is 3.59. The van der Waals surface area contributed by atoms with E-state index in [9.17, 15) is 9.59 Å². The van der Waals surface area contributed by atoms with E-state index in [0.29, 0.717) is 24.2 Å². The maximum atomic E-state index is 11.7. The van der Waals surface area contributed by atoms with Gasteiger partial charge in [0.25, 0.3) is 11.8 Å². The Labute approximate surface area is 188 Å². The molecule has 0 spiro atoms. The monoisotopic (exact) mass is 422 g/mol. The minimum Gasteiger partial charge on any atom is -0.348 e. The minimum absolute atomic E-state index is 0.0375. The zero-order valence-electron chi connectivity index (χ0n) is 17.8. The molecule has 0 bridgehead atoms. The molecule has 4 nitrogen and oxygen atoms in total. The molecule has 4 heteroatoms. The molecule has 0 saturated carbocycles. The highest BCUT2D eigenvalue weighted by Crippen LogP contribution is 2.02. The molecule has 160 valence electrons. The molecular formula is C28H26N2O2. The first-order chi connectivity index (χ1) is 15.7. The fourth-order valence-corrected chi connectivity index (χ4v) is 2.94. The lowest BCUT2D eigenvalue weighted by molar-refractivity contribution is 0.0943. The summed E-state index contributed by atoms with van der Waals surface area (Å²) in [5.74, 6) is -0.0751. The largest absolute Gasteiger partial charge is 0.348 e. The standard InChI is InChI=1S/2C14H13NO/c2*16-14(13-9-5-2-6-10-13)15-11-12-7-3-1-4-8-12/h2*1-10H,11H2,(H,15,16). The molecule has 2 amide bonds. The average Bonchev–Trinajstić information content (AvgIpc) is 2.88. The van der Waals surface area contributed by atoms with Crippen LogP contribution in [0.1, 0.15) is 31.8 Å². The van der Waals surface area contributed by atoms with Crippen molar-refractivity contribution < 1.29 is 9.59 Å². The third-order valence-electron chi connectivity index (χ3n) is 4.66. The third-order valence-corrected chi connectivity index (χ3v) is 4.66. The van der Waals surface area contributed by atoms with Crippen LogP contribution in [0, 0.1) is 0 Å². The van der Waals surface area contributed by atoms with E-state index in [4.69, 9.17) is 0 Å². The van der Waals surface area contributed by atoms with Gasteiger partial charge in [0.2, 0.25) is 0 Å². The second-order valence-corrected chi connectivity index (χ2v) is 7.07. The Morgan fingerprint density at radius 2 is 0.719 bits per heavy atom. The van der Waals surface area contributed by atoms with Gasteiger partial charge < -0.3 is 10.6 Å². The SMILES string of the molecule is O=C(NCc1ccccc1)c1ccccc1.O=C(NCc1ccccc1)c1ccccc1. The molecule has 2 N–H and O–H groups in total. The van der Waals surface area contributed by atoms with E-state index in [2.05, 4.69) is 10.6 Å². The second-order valence-electron chi connectivity index (χ2n) is 7.07. The van der Waals surface area contributed by atoms with Gasteiger partial charge >= 0.3 is 0 Å². The van der Waals surface area contributed by atoms with Crippen molar-refractivity contribution in [2.24, 2.45) is 0 Å². The lowest BCUT2D eigenvalue weighted by Gasteiger charge is -2.04. The van der Waals surface area contributed by atoms with E-state index in [-0.39, 0.29) is 11.8 Å². The second kappa shape index (κ2) is 12.5. The summed E-state index contributed by atoms with van der Waals surface area (Å²) >= 11 is 0. The van der Waals surface area contributed by atoms with Crippen LogP contribution in [0.4, 0.5) is 0 Å². The van der Waals surface area contributed by atoms with Crippen molar-refractivity contribution in [1.82, 2.24) is 10.6 Å². The van der Waals surface area contributed by atoms with Crippen molar-refractivity contribution in [1.29, 1.82) is 0 Å².